The minimum absolute atomic E-state index is 0.0418. The third-order valence-electron chi connectivity index (χ3n) is 2.79. The number of hydrogen-bond acceptors (Lipinski definition) is 4. The van der Waals surface area contributed by atoms with Crippen molar-refractivity contribution in [3.8, 4) is 0 Å². The van der Waals surface area contributed by atoms with E-state index in [-0.39, 0.29) is 16.1 Å². The summed E-state index contributed by atoms with van der Waals surface area (Å²) in [5.41, 5.74) is 0.633. The molecule has 0 spiro atoms. The van der Waals surface area contributed by atoms with Gasteiger partial charge in [-0.3, -0.25) is 19.8 Å². The summed E-state index contributed by atoms with van der Waals surface area (Å²) in [7, 11) is -3.69. The van der Waals surface area contributed by atoms with Crippen LogP contribution in [0, 0.1) is 0 Å². The molecule has 2 aromatic rings. The van der Waals surface area contributed by atoms with E-state index in [4.69, 9.17) is 5.14 Å². The highest BCUT2D eigenvalue weighted by Crippen LogP contribution is 2.08. The van der Waals surface area contributed by atoms with Crippen molar-refractivity contribution in [1.82, 2.24) is 15.5 Å². The number of hydrogen-bond donors (Lipinski definition) is 4. The molecule has 0 aliphatic carbocycles. The Morgan fingerprint density at radius 1 is 1.19 bits per heavy atom. The van der Waals surface area contributed by atoms with E-state index in [1.54, 1.807) is 12.1 Å². The van der Waals surface area contributed by atoms with E-state index < -0.39 is 15.9 Å². The van der Waals surface area contributed by atoms with Crippen LogP contribution in [0.25, 0.3) is 0 Å². The minimum atomic E-state index is -3.69. The summed E-state index contributed by atoms with van der Waals surface area (Å²) in [5.74, 6) is -0.394. The number of benzene rings is 1. The zero-order valence-corrected chi connectivity index (χ0v) is 11.7. The smallest absolute Gasteiger partial charge is 0.269 e. The van der Waals surface area contributed by atoms with Crippen molar-refractivity contribution >= 4 is 15.9 Å². The standard InChI is InChI=1S/C12H14N4O4S/c13-21(19,20)9-3-1-8(2-4-9)5-6-14-12(18)10-7-11(17)16-15-10/h1-4,7H,5-6H2,(H,14,18)(H2,13,19,20)(H2,15,16,17). The van der Waals surface area contributed by atoms with Crippen LogP contribution in [-0.2, 0) is 16.4 Å². The fourth-order valence-corrected chi connectivity index (χ4v) is 2.23. The van der Waals surface area contributed by atoms with Crippen LogP contribution in [0.1, 0.15) is 16.1 Å². The largest absolute Gasteiger partial charge is 0.350 e. The molecular weight excluding hydrogens is 296 g/mol. The van der Waals surface area contributed by atoms with Crippen LogP contribution in [0.2, 0.25) is 0 Å². The van der Waals surface area contributed by atoms with Crippen LogP contribution in [0.3, 0.4) is 0 Å². The number of H-pyrrole nitrogens is 2. The number of nitrogens with two attached hydrogens (primary N) is 1. The zero-order chi connectivity index (χ0) is 15.5. The number of aromatic amines is 2. The number of aromatic nitrogens is 2. The first kappa shape index (κ1) is 15.0. The molecule has 1 aromatic heterocycles. The van der Waals surface area contributed by atoms with Gasteiger partial charge in [0.15, 0.2) is 0 Å². The molecule has 0 atom stereocenters. The Balaban J connectivity index is 1.89. The van der Waals surface area contributed by atoms with Gasteiger partial charge < -0.3 is 5.32 Å². The van der Waals surface area contributed by atoms with Crippen molar-refractivity contribution in [2.45, 2.75) is 11.3 Å². The Hall–Kier alpha value is -2.39. The lowest BCUT2D eigenvalue weighted by atomic mass is 10.1. The number of rotatable bonds is 5. The second kappa shape index (κ2) is 5.94. The van der Waals surface area contributed by atoms with E-state index in [2.05, 4.69) is 15.5 Å². The molecule has 0 aliphatic heterocycles. The Kier molecular flexibility index (Phi) is 4.24. The van der Waals surface area contributed by atoms with E-state index in [0.717, 1.165) is 11.6 Å². The maximum absolute atomic E-state index is 11.6. The van der Waals surface area contributed by atoms with Crippen molar-refractivity contribution in [2.75, 3.05) is 6.54 Å². The third kappa shape index (κ3) is 4.04. The van der Waals surface area contributed by atoms with Gasteiger partial charge in [-0.1, -0.05) is 12.1 Å². The predicted octanol–water partition coefficient (Wildman–Crippen LogP) is -0.677. The second-order valence-corrected chi connectivity index (χ2v) is 5.93. The highest BCUT2D eigenvalue weighted by atomic mass is 32.2. The van der Waals surface area contributed by atoms with Crippen molar-refractivity contribution in [1.29, 1.82) is 0 Å². The lowest BCUT2D eigenvalue weighted by Crippen LogP contribution is -2.26. The number of carbonyl (C=O) groups excluding carboxylic acids is 1. The number of primary sulfonamides is 1. The van der Waals surface area contributed by atoms with E-state index in [1.807, 2.05) is 0 Å². The summed E-state index contributed by atoms with van der Waals surface area (Å²) >= 11 is 0. The molecule has 0 unspecified atom stereocenters. The monoisotopic (exact) mass is 310 g/mol. The highest BCUT2D eigenvalue weighted by molar-refractivity contribution is 7.89. The van der Waals surface area contributed by atoms with Gasteiger partial charge >= 0.3 is 0 Å². The molecule has 8 nitrogen and oxygen atoms in total. The first-order valence-corrected chi connectivity index (χ1v) is 7.58. The van der Waals surface area contributed by atoms with Gasteiger partial charge in [0.1, 0.15) is 5.69 Å². The summed E-state index contributed by atoms with van der Waals surface area (Å²) < 4.78 is 22.2. The molecule has 1 amide bonds. The topological polar surface area (TPSA) is 138 Å². The number of amides is 1. The van der Waals surface area contributed by atoms with Crippen molar-refractivity contribution < 1.29 is 13.2 Å². The fourth-order valence-electron chi connectivity index (χ4n) is 1.72. The number of nitrogens with one attached hydrogen (secondary N) is 3. The first-order valence-electron chi connectivity index (χ1n) is 6.04. The second-order valence-electron chi connectivity index (χ2n) is 4.37. The van der Waals surface area contributed by atoms with E-state index >= 15 is 0 Å². The van der Waals surface area contributed by atoms with Gasteiger partial charge in [0.05, 0.1) is 4.90 Å². The van der Waals surface area contributed by atoms with Crippen LogP contribution in [0.4, 0.5) is 0 Å². The molecule has 1 aromatic carbocycles. The van der Waals surface area contributed by atoms with Gasteiger partial charge in [0, 0.05) is 12.6 Å². The predicted molar refractivity (Wildman–Crippen MR) is 75.3 cm³/mol. The quantitative estimate of drug-likeness (QED) is 0.581. The molecule has 0 bridgehead atoms. The molecule has 0 saturated carbocycles. The maximum atomic E-state index is 11.6. The van der Waals surface area contributed by atoms with Crippen molar-refractivity contribution in [3.05, 3.63) is 51.9 Å². The average molecular weight is 310 g/mol. The van der Waals surface area contributed by atoms with Crippen LogP contribution in [0.5, 0.6) is 0 Å². The Morgan fingerprint density at radius 3 is 2.38 bits per heavy atom. The van der Waals surface area contributed by atoms with Crippen LogP contribution >= 0.6 is 0 Å². The minimum Gasteiger partial charge on any atom is -0.350 e. The number of carbonyl (C=O) groups is 1. The normalized spacial score (nSPS) is 11.3. The molecule has 0 radical (unpaired) electrons. The van der Waals surface area contributed by atoms with Crippen molar-refractivity contribution in [2.24, 2.45) is 5.14 Å². The summed E-state index contributed by atoms with van der Waals surface area (Å²) in [6.07, 6.45) is 0.519. The van der Waals surface area contributed by atoms with Crippen LogP contribution in [-0.4, -0.2) is 31.1 Å². The average Bonchev–Trinajstić information content (AvgIpc) is 2.85. The summed E-state index contributed by atoms with van der Waals surface area (Å²) in [6, 6.07) is 7.25. The Bertz CT molecular complexity index is 789. The molecule has 0 fully saturated rings. The van der Waals surface area contributed by atoms with Crippen LogP contribution < -0.4 is 16.0 Å². The Labute approximate surface area is 120 Å². The fraction of sp³-hybridized carbons (Fsp3) is 0.167. The lowest BCUT2D eigenvalue weighted by Gasteiger charge is -2.05. The van der Waals surface area contributed by atoms with E-state index in [1.165, 1.54) is 12.1 Å². The number of sulfonamides is 1. The Morgan fingerprint density at radius 2 is 1.86 bits per heavy atom. The summed E-state index contributed by atoms with van der Waals surface area (Å²) in [4.78, 5) is 22.6. The zero-order valence-electron chi connectivity index (χ0n) is 10.9. The summed E-state index contributed by atoms with van der Waals surface area (Å²) in [6.45, 7) is 0.348. The highest BCUT2D eigenvalue weighted by Gasteiger charge is 2.08. The van der Waals surface area contributed by atoms with Crippen LogP contribution in [0.15, 0.2) is 40.0 Å². The lowest BCUT2D eigenvalue weighted by molar-refractivity contribution is 0.0949. The molecule has 5 N–H and O–H groups in total. The first-order chi connectivity index (χ1) is 9.86. The molecule has 1 heterocycles. The van der Waals surface area contributed by atoms with Gasteiger partial charge in [0.25, 0.3) is 11.5 Å². The van der Waals surface area contributed by atoms with Gasteiger partial charge in [-0.25, -0.2) is 13.6 Å². The SMILES string of the molecule is NS(=O)(=O)c1ccc(CCNC(=O)c2cc(=O)[nH][nH]2)cc1. The van der Waals surface area contributed by atoms with E-state index in [0.29, 0.717) is 13.0 Å². The molecule has 21 heavy (non-hydrogen) atoms. The molecule has 2 rings (SSSR count). The van der Waals surface area contributed by atoms with Gasteiger partial charge in [-0.05, 0) is 24.1 Å². The molecular formula is C12H14N4O4S. The molecule has 0 saturated heterocycles. The molecule has 112 valence electrons. The van der Waals surface area contributed by atoms with Gasteiger partial charge in [-0.15, -0.1) is 0 Å². The van der Waals surface area contributed by atoms with Crippen molar-refractivity contribution in [3.63, 3.8) is 0 Å². The van der Waals surface area contributed by atoms with E-state index in [9.17, 15) is 18.0 Å². The maximum Gasteiger partial charge on any atom is 0.269 e. The molecule has 9 heteroatoms. The van der Waals surface area contributed by atoms with Gasteiger partial charge in [0.2, 0.25) is 10.0 Å². The molecule has 0 aliphatic rings. The van der Waals surface area contributed by atoms with Gasteiger partial charge in [-0.2, -0.15) is 0 Å². The third-order valence-corrected chi connectivity index (χ3v) is 3.72. The summed E-state index contributed by atoms with van der Waals surface area (Å²) in [5, 5.41) is 12.3.